The number of nitrogens with two attached hydrogens (primary N) is 1. The Hall–Kier alpha value is -2.15. The molecule has 0 amide bonds. The number of aromatic nitrogens is 1. The van der Waals surface area contributed by atoms with Crippen molar-refractivity contribution in [3.8, 4) is 5.88 Å². The molecule has 1 aliphatic heterocycles. The second-order valence-corrected chi connectivity index (χ2v) is 5.77. The van der Waals surface area contributed by atoms with E-state index in [1.54, 1.807) is 13.0 Å². The molecule has 0 radical (unpaired) electrons. The third-order valence-corrected chi connectivity index (χ3v) is 3.99. The second-order valence-electron chi connectivity index (χ2n) is 4.85. The van der Waals surface area contributed by atoms with Crippen LogP contribution in [0, 0.1) is 0 Å². The predicted octanol–water partition coefficient (Wildman–Crippen LogP) is 2.39. The summed E-state index contributed by atoms with van der Waals surface area (Å²) in [5, 5.41) is 0. The van der Waals surface area contributed by atoms with Crippen molar-refractivity contribution in [3.05, 3.63) is 39.4 Å². The number of esters is 1. The summed E-state index contributed by atoms with van der Waals surface area (Å²) in [6.45, 7) is 1.90. The number of fused-ring (bicyclic) bond motifs is 2. The molecule has 0 saturated carbocycles. The number of hydrogen-bond donors (Lipinski definition) is 1. The molecule has 7 heteroatoms. The van der Waals surface area contributed by atoms with Crippen molar-refractivity contribution in [2.75, 3.05) is 12.3 Å². The van der Waals surface area contributed by atoms with Gasteiger partial charge in [-0.05, 0) is 19.1 Å². The van der Waals surface area contributed by atoms with Crippen molar-refractivity contribution in [1.29, 1.82) is 0 Å². The molecule has 2 aliphatic rings. The van der Waals surface area contributed by atoms with Gasteiger partial charge in [0.05, 0.1) is 12.2 Å². The van der Waals surface area contributed by atoms with Gasteiger partial charge in [-0.25, -0.2) is 4.79 Å². The van der Waals surface area contributed by atoms with Crippen LogP contribution >= 0.6 is 15.9 Å². The Morgan fingerprint density at radius 1 is 1.59 bits per heavy atom. The van der Waals surface area contributed by atoms with Gasteiger partial charge in [0.2, 0.25) is 5.88 Å². The summed E-state index contributed by atoms with van der Waals surface area (Å²) in [5.74, 6) is -0.674. The third kappa shape index (κ3) is 2.41. The monoisotopic (exact) mass is 364 g/mol. The minimum absolute atomic E-state index is 0.00929. The number of halogens is 1. The molecule has 0 saturated heterocycles. The standard InChI is InChI=1S/C15H13BrN2O4/c1-2-21-15(20)10-6-9-12(19)8-5-7(16)3-4-11(8)22-14(9)18-13(10)17/h3,5-6,11H,2,4H2,1H3,(H2,17,18). The lowest BCUT2D eigenvalue weighted by Gasteiger charge is -2.28. The van der Waals surface area contributed by atoms with Gasteiger partial charge in [0, 0.05) is 16.5 Å². The maximum Gasteiger partial charge on any atom is 0.341 e. The van der Waals surface area contributed by atoms with Gasteiger partial charge in [-0.3, -0.25) is 4.79 Å². The van der Waals surface area contributed by atoms with E-state index in [2.05, 4.69) is 20.9 Å². The SMILES string of the molecule is CCOC(=O)c1cc2c(nc1N)OC1CC=C(Br)C=C1C2=O. The average Bonchev–Trinajstić information content (AvgIpc) is 2.48. The highest BCUT2D eigenvalue weighted by molar-refractivity contribution is 9.11. The summed E-state index contributed by atoms with van der Waals surface area (Å²) in [4.78, 5) is 28.5. The van der Waals surface area contributed by atoms with E-state index in [1.165, 1.54) is 6.07 Å². The van der Waals surface area contributed by atoms with Crippen LogP contribution in [-0.2, 0) is 4.74 Å². The molecule has 0 bridgehead atoms. The molecule has 3 rings (SSSR count). The van der Waals surface area contributed by atoms with Gasteiger partial charge in [-0.15, -0.1) is 0 Å². The van der Waals surface area contributed by atoms with Crippen molar-refractivity contribution in [2.24, 2.45) is 0 Å². The summed E-state index contributed by atoms with van der Waals surface area (Å²) < 4.78 is 11.5. The highest BCUT2D eigenvalue weighted by Gasteiger charge is 2.35. The van der Waals surface area contributed by atoms with E-state index in [-0.39, 0.29) is 41.3 Å². The first-order chi connectivity index (χ1) is 10.5. The number of nitrogen functional groups attached to an aromatic ring is 1. The van der Waals surface area contributed by atoms with Crippen molar-refractivity contribution >= 4 is 33.5 Å². The summed E-state index contributed by atoms with van der Waals surface area (Å²) in [6, 6.07) is 1.39. The number of allylic oxidation sites excluding steroid dienone is 2. The number of Topliss-reactive ketones (excluding diaryl/α,β-unsaturated/α-hetero) is 1. The Morgan fingerprint density at radius 2 is 2.36 bits per heavy atom. The number of hydrogen-bond acceptors (Lipinski definition) is 6. The Bertz CT molecular complexity index is 739. The van der Waals surface area contributed by atoms with Gasteiger partial charge in [0.1, 0.15) is 17.5 Å². The van der Waals surface area contributed by atoms with Gasteiger partial charge in [-0.1, -0.05) is 22.0 Å². The molecule has 1 aromatic heterocycles. The molecule has 0 fully saturated rings. The minimum Gasteiger partial charge on any atom is -0.468 e. The van der Waals surface area contributed by atoms with Crippen LogP contribution in [0.2, 0.25) is 0 Å². The zero-order chi connectivity index (χ0) is 15.9. The number of nitrogens with zero attached hydrogens (tertiary/aromatic N) is 1. The highest BCUT2D eigenvalue weighted by Crippen LogP contribution is 2.36. The normalized spacial score (nSPS) is 19.4. The molecule has 2 N–H and O–H groups in total. The van der Waals surface area contributed by atoms with E-state index < -0.39 is 5.97 Å². The quantitative estimate of drug-likeness (QED) is 0.810. The molecule has 0 aromatic carbocycles. The zero-order valence-electron chi connectivity index (χ0n) is 11.8. The number of pyridine rings is 1. The van der Waals surface area contributed by atoms with Gasteiger partial charge in [-0.2, -0.15) is 4.98 Å². The van der Waals surface area contributed by atoms with E-state index in [1.807, 2.05) is 6.08 Å². The molecular weight excluding hydrogens is 352 g/mol. The summed E-state index contributed by atoms with van der Waals surface area (Å²) in [6.07, 6.45) is 3.84. The van der Waals surface area contributed by atoms with Crippen LogP contribution in [0.15, 0.2) is 28.3 Å². The second kappa shape index (κ2) is 5.57. The van der Waals surface area contributed by atoms with Gasteiger partial charge < -0.3 is 15.2 Å². The van der Waals surface area contributed by atoms with E-state index in [0.29, 0.717) is 12.0 Å². The van der Waals surface area contributed by atoms with Crippen molar-refractivity contribution in [2.45, 2.75) is 19.4 Å². The van der Waals surface area contributed by atoms with E-state index >= 15 is 0 Å². The summed E-state index contributed by atoms with van der Waals surface area (Å²) in [5.41, 5.74) is 6.60. The lowest BCUT2D eigenvalue weighted by Crippen LogP contribution is -2.32. The minimum atomic E-state index is -0.607. The molecule has 22 heavy (non-hydrogen) atoms. The van der Waals surface area contributed by atoms with Crippen molar-refractivity contribution in [3.63, 3.8) is 0 Å². The highest BCUT2D eigenvalue weighted by atomic mass is 79.9. The Morgan fingerprint density at radius 3 is 3.09 bits per heavy atom. The summed E-state index contributed by atoms with van der Waals surface area (Å²) >= 11 is 3.35. The Balaban J connectivity index is 2.06. The van der Waals surface area contributed by atoms with Crippen LogP contribution in [0.25, 0.3) is 0 Å². The fourth-order valence-electron chi connectivity index (χ4n) is 2.40. The van der Waals surface area contributed by atoms with Crippen LogP contribution in [-0.4, -0.2) is 29.4 Å². The lowest BCUT2D eigenvalue weighted by molar-refractivity contribution is 0.0527. The number of ketones is 1. The number of anilines is 1. The number of carbonyl (C=O) groups is 2. The van der Waals surface area contributed by atoms with E-state index in [9.17, 15) is 9.59 Å². The topological polar surface area (TPSA) is 91.5 Å². The molecule has 114 valence electrons. The van der Waals surface area contributed by atoms with Crippen LogP contribution in [0.3, 0.4) is 0 Å². The molecule has 1 atom stereocenters. The maximum absolute atomic E-state index is 12.6. The molecule has 2 heterocycles. The average molecular weight is 365 g/mol. The van der Waals surface area contributed by atoms with Crippen molar-refractivity contribution < 1.29 is 19.1 Å². The predicted molar refractivity (Wildman–Crippen MR) is 83.1 cm³/mol. The fraction of sp³-hybridized carbons (Fsp3) is 0.267. The maximum atomic E-state index is 12.6. The first kappa shape index (κ1) is 14.8. The molecule has 1 unspecified atom stereocenters. The van der Waals surface area contributed by atoms with Gasteiger partial charge in [0.25, 0.3) is 0 Å². The number of rotatable bonds is 2. The van der Waals surface area contributed by atoms with Gasteiger partial charge >= 0.3 is 5.97 Å². The Labute approximate surface area is 135 Å². The molecular formula is C15H13BrN2O4. The third-order valence-electron chi connectivity index (χ3n) is 3.44. The van der Waals surface area contributed by atoms with E-state index in [4.69, 9.17) is 15.2 Å². The van der Waals surface area contributed by atoms with Crippen LogP contribution in [0.1, 0.15) is 34.1 Å². The number of carbonyl (C=O) groups excluding carboxylic acids is 2. The smallest absolute Gasteiger partial charge is 0.341 e. The number of ether oxygens (including phenoxy) is 2. The largest absolute Gasteiger partial charge is 0.468 e. The molecule has 1 aromatic rings. The summed E-state index contributed by atoms with van der Waals surface area (Å²) in [7, 11) is 0. The van der Waals surface area contributed by atoms with E-state index in [0.717, 1.165) is 4.48 Å². The zero-order valence-corrected chi connectivity index (χ0v) is 13.3. The van der Waals surface area contributed by atoms with Gasteiger partial charge in [0.15, 0.2) is 5.78 Å². The molecule has 6 nitrogen and oxygen atoms in total. The van der Waals surface area contributed by atoms with Crippen LogP contribution in [0.4, 0.5) is 5.82 Å². The Kier molecular flexibility index (Phi) is 3.74. The molecule has 1 aliphatic carbocycles. The van der Waals surface area contributed by atoms with Crippen molar-refractivity contribution in [1.82, 2.24) is 4.98 Å². The first-order valence-corrected chi connectivity index (χ1v) is 7.56. The fourth-order valence-corrected chi connectivity index (χ4v) is 2.83. The lowest BCUT2D eigenvalue weighted by atomic mass is 9.91. The molecule has 0 spiro atoms. The first-order valence-electron chi connectivity index (χ1n) is 6.77. The van der Waals surface area contributed by atoms with Crippen LogP contribution < -0.4 is 10.5 Å². The van der Waals surface area contributed by atoms with Crippen LogP contribution in [0.5, 0.6) is 5.88 Å².